The summed E-state index contributed by atoms with van der Waals surface area (Å²) in [6, 6.07) is 17.5. The number of nitrogens with one attached hydrogen (secondary N) is 1. The first-order valence-corrected chi connectivity index (χ1v) is 11.4. The second-order valence-electron chi connectivity index (χ2n) is 7.78. The number of anilines is 2. The number of para-hydroxylation sites is 1. The number of esters is 1. The van der Waals surface area contributed by atoms with Gasteiger partial charge in [-0.3, -0.25) is 4.79 Å². The van der Waals surface area contributed by atoms with Gasteiger partial charge in [-0.25, -0.2) is 0 Å². The lowest BCUT2D eigenvalue weighted by molar-refractivity contribution is -0.134. The molecule has 1 N–H and O–H groups in total. The maximum atomic E-state index is 12.0. The van der Waals surface area contributed by atoms with Crippen LogP contribution in [-0.2, 0) is 4.79 Å². The van der Waals surface area contributed by atoms with Gasteiger partial charge in [-0.05, 0) is 42.8 Å². The fourth-order valence-corrected chi connectivity index (χ4v) is 3.41. The Kier molecular flexibility index (Phi) is 11.6. The zero-order chi connectivity index (χ0) is 20.6. The van der Waals surface area contributed by atoms with Crippen molar-refractivity contribution >= 4 is 17.3 Å². The van der Waals surface area contributed by atoms with Crippen LogP contribution in [0, 0.1) is 0 Å². The Morgan fingerprint density at radius 1 is 0.690 bits per heavy atom. The predicted octanol–water partition coefficient (Wildman–Crippen LogP) is 8.04. The molecule has 0 aliphatic rings. The summed E-state index contributed by atoms with van der Waals surface area (Å²) in [5.41, 5.74) is 2.01. The largest absolute Gasteiger partial charge is 0.427 e. The van der Waals surface area contributed by atoms with Crippen LogP contribution in [0.5, 0.6) is 5.75 Å². The third-order valence-electron chi connectivity index (χ3n) is 5.13. The molecule has 158 valence electrons. The predicted molar refractivity (Wildman–Crippen MR) is 123 cm³/mol. The van der Waals surface area contributed by atoms with Gasteiger partial charge in [-0.15, -0.1) is 0 Å². The van der Waals surface area contributed by atoms with Crippen molar-refractivity contribution in [3.8, 4) is 5.75 Å². The minimum atomic E-state index is -0.135. The molecular weight excluding hydrogens is 358 g/mol. The second kappa shape index (κ2) is 14.7. The maximum absolute atomic E-state index is 12.0. The molecule has 0 aromatic heterocycles. The van der Waals surface area contributed by atoms with Crippen LogP contribution >= 0.6 is 0 Å². The van der Waals surface area contributed by atoms with Crippen molar-refractivity contribution in [3.05, 3.63) is 54.6 Å². The van der Waals surface area contributed by atoms with E-state index in [4.69, 9.17) is 4.74 Å². The van der Waals surface area contributed by atoms with Crippen molar-refractivity contribution in [1.82, 2.24) is 0 Å². The molecule has 2 aromatic carbocycles. The highest BCUT2D eigenvalue weighted by Crippen LogP contribution is 2.20. The van der Waals surface area contributed by atoms with Gasteiger partial charge < -0.3 is 10.1 Å². The molecule has 0 radical (unpaired) electrons. The van der Waals surface area contributed by atoms with Crippen LogP contribution in [0.4, 0.5) is 11.4 Å². The lowest BCUT2D eigenvalue weighted by Crippen LogP contribution is -2.07. The van der Waals surface area contributed by atoms with Crippen LogP contribution < -0.4 is 10.1 Å². The average Bonchev–Trinajstić information content (AvgIpc) is 2.74. The molecule has 0 fully saturated rings. The first-order valence-electron chi connectivity index (χ1n) is 11.4. The zero-order valence-electron chi connectivity index (χ0n) is 18.0. The van der Waals surface area contributed by atoms with Gasteiger partial charge in [0.15, 0.2) is 0 Å². The van der Waals surface area contributed by atoms with E-state index in [1.807, 2.05) is 54.6 Å². The van der Waals surface area contributed by atoms with Gasteiger partial charge in [-0.2, -0.15) is 0 Å². The third-order valence-corrected chi connectivity index (χ3v) is 5.13. The van der Waals surface area contributed by atoms with Crippen LogP contribution in [0.3, 0.4) is 0 Å². The van der Waals surface area contributed by atoms with E-state index in [9.17, 15) is 4.79 Å². The minimum absolute atomic E-state index is 0.135. The first-order chi connectivity index (χ1) is 14.3. The molecule has 3 nitrogen and oxygen atoms in total. The lowest BCUT2D eigenvalue weighted by Gasteiger charge is -2.08. The van der Waals surface area contributed by atoms with E-state index in [-0.39, 0.29) is 5.97 Å². The fraction of sp³-hybridized carbons (Fsp3) is 0.500. The number of unbranched alkanes of at least 4 members (excludes halogenated alkanes) is 10. The summed E-state index contributed by atoms with van der Waals surface area (Å²) in [6.07, 6.45) is 14.6. The van der Waals surface area contributed by atoms with Gasteiger partial charge in [0.1, 0.15) is 5.75 Å². The number of carbonyl (C=O) groups is 1. The summed E-state index contributed by atoms with van der Waals surface area (Å²) >= 11 is 0. The summed E-state index contributed by atoms with van der Waals surface area (Å²) in [6.45, 7) is 2.26. The smallest absolute Gasteiger partial charge is 0.311 e. The standard InChI is InChI=1S/C26H37NO2/c1-2-3-4-5-6-7-8-9-10-11-15-18-26(28)29-25-21-19-24(20-22-25)27-23-16-13-12-14-17-23/h12-14,16-17,19-22,27H,2-11,15,18H2,1H3. The number of ether oxygens (including phenoxy) is 1. The summed E-state index contributed by atoms with van der Waals surface area (Å²) in [5, 5.41) is 3.32. The zero-order valence-corrected chi connectivity index (χ0v) is 18.0. The minimum Gasteiger partial charge on any atom is -0.427 e. The first kappa shape index (κ1) is 23.0. The van der Waals surface area contributed by atoms with Crippen LogP contribution in [0.2, 0.25) is 0 Å². The quantitative estimate of drug-likeness (QED) is 0.188. The van der Waals surface area contributed by atoms with E-state index in [1.165, 1.54) is 57.8 Å². The highest BCUT2D eigenvalue weighted by molar-refractivity contribution is 5.72. The number of hydrogen-bond donors (Lipinski definition) is 1. The van der Waals surface area contributed by atoms with Crippen molar-refractivity contribution in [1.29, 1.82) is 0 Å². The normalized spacial score (nSPS) is 10.7. The second-order valence-corrected chi connectivity index (χ2v) is 7.78. The molecule has 2 rings (SSSR count). The van der Waals surface area contributed by atoms with Gasteiger partial charge in [-0.1, -0.05) is 89.3 Å². The lowest BCUT2D eigenvalue weighted by atomic mass is 10.1. The van der Waals surface area contributed by atoms with E-state index < -0.39 is 0 Å². The summed E-state index contributed by atoms with van der Waals surface area (Å²) in [4.78, 5) is 12.0. The molecular formula is C26H37NO2. The van der Waals surface area contributed by atoms with E-state index in [1.54, 1.807) is 0 Å². The van der Waals surface area contributed by atoms with Crippen molar-refractivity contribution in [2.24, 2.45) is 0 Å². The van der Waals surface area contributed by atoms with E-state index in [2.05, 4.69) is 12.2 Å². The Hall–Kier alpha value is -2.29. The van der Waals surface area contributed by atoms with Gasteiger partial charge in [0.05, 0.1) is 0 Å². The van der Waals surface area contributed by atoms with Crippen LogP contribution in [0.1, 0.15) is 84.0 Å². The van der Waals surface area contributed by atoms with Crippen molar-refractivity contribution < 1.29 is 9.53 Å². The SMILES string of the molecule is CCCCCCCCCCCCCC(=O)Oc1ccc(Nc2ccccc2)cc1. The maximum Gasteiger partial charge on any atom is 0.311 e. The molecule has 0 saturated heterocycles. The molecule has 0 atom stereocenters. The Bertz CT molecular complexity index is 667. The Labute approximate surface area is 176 Å². The Balaban J connectivity index is 1.51. The number of benzene rings is 2. The molecule has 2 aromatic rings. The van der Waals surface area contributed by atoms with Crippen LogP contribution in [0.15, 0.2) is 54.6 Å². The molecule has 0 unspecified atom stereocenters. The molecule has 0 aliphatic carbocycles. The highest BCUT2D eigenvalue weighted by atomic mass is 16.5. The molecule has 0 bridgehead atoms. The summed E-state index contributed by atoms with van der Waals surface area (Å²) in [5.74, 6) is 0.473. The van der Waals surface area contributed by atoms with Gasteiger partial charge in [0.25, 0.3) is 0 Å². The van der Waals surface area contributed by atoms with E-state index in [0.29, 0.717) is 12.2 Å². The molecule has 0 saturated carbocycles. The molecule has 0 spiro atoms. The van der Waals surface area contributed by atoms with Gasteiger partial charge >= 0.3 is 5.97 Å². The highest BCUT2D eigenvalue weighted by Gasteiger charge is 2.05. The van der Waals surface area contributed by atoms with Crippen molar-refractivity contribution in [2.45, 2.75) is 84.0 Å². The average molecular weight is 396 g/mol. The number of rotatable bonds is 15. The topological polar surface area (TPSA) is 38.3 Å². The molecule has 3 heteroatoms. The van der Waals surface area contributed by atoms with E-state index >= 15 is 0 Å². The molecule has 0 heterocycles. The summed E-state index contributed by atoms with van der Waals surface area (Å²) in [7, 11) is 0. The van der Waals surface area contributed by atoms with Crippen LogP contribution in [0.25, 0.3) is 0 Å². The van der Waals surface area contributed by atoms with E-state index in [0.717, 1.165) is 24.2 Å². The Morgan fingerprint density at radius 3 is 1.79 bits per heavy atom. The van der Waals surface area contributed by atoms with Gasteiger partial charge in [0.2, 0.25) is 0 Å². The molecule has 0 aliphatic heterocycles. The van der Waals surface area contributed by atoms with Gasteiger partial charge in [0, 0.05) is 17.8 Å². The fourth-order valence-electron chi connectivity index (χ4n) is 3.41. The molecule has 0 amide bonds. The monoisotopic (exact) mass is 395 g/mol. The van der Waals surface area contributed by atoms with Crippen molar-refractivity contribution in [3.63, 3.8) is 0 Å². The van der Waals surface area contributed by atoms with Crippen molar-refractivity contribution in [2.75, 3.05) is 5.32 Å². The molecule has 29 heavy (non-hydrogen) atoms. The number of carbonyl (C=O) groups excluding carboxylic acids is 1. The third kappa shape index (κ3) is 10.7. The van der Waals surface area contributed by atoms with Crippen LogP contribution in [-0.4, -0.2) is 5.97 Å². The Morgan fingerprint density at radius 2 is 1.21 bits per heavy atom. The summed E-state index contributed by atoms with van der Waals surface area (Å²) < 4.78 is 5.44. The number of hydrogen-bond acceptors (Lipinski definition) is 3.